The van der Waals surface area contributed by atoms with Crippen LogP contribution in [0.1, 0.15) is 26.3 Å². The lowest BCUT2D eigenvalue weighted by molar-refractivity contribution is 0.0600. The van der Waals surface area contributed by atoms with Gasteiger partial charge in [0.25, 0.3) is 5.91 Å². The number of pyridine rings is 2. The van der Waals surface area contributed by atoms with Crippen molar-refractivity contribution in [2.75, 3.05) is 26.0 Å². The van der Waals surface area contributed by atoms with Crippen molar-refractivity contribution in [2.24, 2.45) is 0 Å². The summed E-state index contributed by atoms with van der Waals surface area (Å²) in [5, 5.41) is 3.12. The van der Waals surface area contributed by atoms with E-state index in [0.717, 1.165) is 12.0 Å². The number of ether oxygens (including phenoxy) is 1. The molecule has 3 rings (SSSR count). The molecule has 0 saturated carbocycles. The number of esters is 1. The van der Waals surface area contributed by atoms with Crippen molar-refractivity contribution >= 4 is 23.4 Å². The van der Waals surface area contributed by atoms with Crippen LogP contribution < -0.4 is 5.32 Å². The summed E-state index contributed by atoms with van der Waals surface area (Å²) >= 11 is 0. The number of benzene rings is 1. The van der Waals surface area contributed by atoms with Gasteiger partial charge in [0, 0.05) is 43.4 Å². The molecule has 0 atom stereocenters. The topological polar surface area (TPSA) is 84.4 Å². The molecule has 0 fully saturated rings. The summed E-state index contributed by atoms with van der Waals surface area (Å²) < 4.78 is 4.74. The Labute approximate surface area is 169 Å². The normalized spacial score (nSPS) is 10.3. The fourth-order valence-corrected chi connectivity index (χ4v) is 2.79. The highest BCUT2D eigenvalue weighted by atomic mass is 16.5. The first-order chi connectivity index (χ1) is 14.1. The van der Waals surface area contributed by atoms with Crippen molar-refractivity contribution in [3.63, 3.8) is 0 Å². The number of carbonyl (C=O) groups excluding carboxylic acids is 2. The van der Waals surface area contributed by atoms with Crippen LogP contribution in [-0.2, 0) is 11.2 Å². The second-order valence-corrected chi connectivity index (χ2v) is 6.46. The number of anilines is 2. The summed E-state index contributed by atoms with van der Waals surface area (Å²) in [6.45, 7) is 0.592. The standard InChI is InChI=1S/C22H22N4O3/c1-26(13-9-16-6-10-23-11-7-16)21(27)17-8-12-24-20(15-17)25-19-5-3-4-18(14-19)22(28)29-2/h3-8,10-12,14-15H,9,13H2,1-2H3,(H,24,25). The summed E-state index contributed by atoms with van der Waals surface area (Å²) in [6.07, 6.45) is 5.82. The smallest absolute Gasteiger partial charge is 0.337 e. The maximum atomic E-state index is 12.7. The van der Waals surface area contributed by atoms with E-state index in [0.29, 0.717) is 29.2 Å². The molecule has 7 heteroatoms. The van der Waals surface area contributed by atoms with Gasteiger partial charge in [-0.3, -0.25) is 9.78 Å². The minimum Gasteiger partial charge on any atom is -0.465 e. The second-order valence-electron chi connectivity index (χ2n) is 6.46. The van der Waals surface area contributed by atoms with E-state index in [4.69, 9.17) is 4.74 Å². The van der Waals surface area contributed by atoms with E-state index in [2.05, 4.69) is 15.3 Å². The monoisotopic (exact) mass is 390 g/mol. The third-order valence-corrected chi connectivity index (χ3v) is 4.39. The maximum absolute atomic E-state index is 12.7. The third-order valence-electron chi connectivity index (χ3n) is 4.39. The highest BCUT2D eigenvalue weighted by molar-refractivity contribution is 5.95. The summed E-state index contributed by atoms with van der Waals surface area (Å²) in [7, 11) is 3.11. The summed E-state index contributed by atoms with van der Waals surface area (Å²) in [5.74, 6) is 0.00887. The van der Waals surface area contributed by atoms with E-state index in [9.17, 15) is 9.59 Å². The minimum atomic E-state index is -0.415. The molecule has 0 aliphatic rings. The van der Waals surface area contributed by atoms with Gasteiger partial charge >= 0.3 is 5.97 Å². The Morgan fingerprint density at radius 1 is 1.03 bits per heavy atom. The van der Waals surface area contributed by atoms with E-state index >= 15 is 0 Å². The molecule has 0 aliphatic heterocycles. The molecule has 0 saturated heterocycles. The van der Waals surface area contributed by atoms with E-state index in [1.807, 2.05) is 18.2 Å². The molecule has 2 heterocycles. The van der Waals surface area contributed by atoms with E-state index < -0.39 is 5.97 Å². The number of likely N-dealkylation sites (N-methyl/N-ethyl adjacent to an activating group) is 1. The zero-order chi connectivity index (χ0) is 20.6. The van der Waals surface area contributed by atoms with Crippen LogP contribution in [0.4, 0.5) is 11.5 Å². The number of methoxy groups -OCH3 is 1. The fourth-order valence-electron chi connectivity index (χ4n) is 2.79. The van der Waals surface area contributed by atoms with Gasteiger partial charge in [0.15, 0.2) is 0 Å². The molecule has 0 aliphatic carbocycles. The second kappa shape index (κ2) is 9.45. The minimum absolute atomic E-state index is 0.0900. The molecule has 148 valence electrons. The van der Waals surface area contributed by atoms with Crippen molar-refractivity contribution in [1.29, 1.82) is 0 Å². The zero-order valence-corrected chi connectivity index (χ0v) is 16.3. The largest absolute Gasteiger partial charge is 0.465 e. The van der Waals surface area contributed by atoms with Gasteiger partial charge in [-0.1, -0.05) is 6.07 Å². The fraction of sp³-hybridized carbons (Fsp3) is 0.182. The molecule has 0 spiro atoms. The first-order valence-corrected chi connectivity index (χ1v) is 9.12. The van der Waals surface area contributed by atoms with Crippen LogP contribution >= 0.6 is 0 Å². The molecule has 0 bridgehead atoms. The lowest BCUT2D eigenvalue weighted by atomic mass is 10.1. The number of rotatable bonds is 7. The molecular formula is C22H22N4O3. The maximum Gasteiger partial charge on any atom is 0.337 e. The van der Waals surface area contributed by atoms with Gasteiger partial charge in [0.05, 0.1) is 12.7 Å². The Kier molecular flexibility index (Phi) is 6.52. The summed E-state index contributed by atoms with van der Waals surface area (Å²) in [6, 6.07) is 14.1. The van der Waals surface area contributed by atoms with Crippen LogP contribution in [0.3, 0.4) is 0 Å². The molecule has 1 aromatic carbocycles. The van der Waals surface area contributed by atoms with Crippen LogP contribution in [0.15, 0.2) is 67.1 Å². The lowest BCUT2D eigenvalue weighted by Crippen LogP contribution is -2.28. The molecular weight excluding hydrogens is 368 g/mol. The van der Waals surface area contributed by atoms with Crippen LogP contribution in [-0.4, -0.2) is 47.4 Å². The first-order valence-electron chi connectivity index (χ1n) is 9.12. The Hall–Kier alpha value is -3.74. The highest BCUT2D eigenvalue weighted by Gasteiger charge is 2.13. The predicted molar refractivity (Wildman–Crippen MR) is 110 cm³/mol. The van der Waals surface area contributed by atoms with Gasteiger partial charge in [0.2, 0.25) is 0 Å². The van der Waals surface area contributed by atoms with Crippen LogP contribution in [0.25, 0.3) is 0 Å². The molecule has 1 amide bonds. The molecule has 3 aromatic rings. The number of nitrogens with zero attached hydrogens (tertiary/aromatic N) is 3. The van der Waals surface area contributed by atoms with Crippen molar-refractivity contribution in [3.8, 4) is 0 Å². The van der Waals surface area contributed by atoms with Crippen LogP contribution in [0.5, 0.6) is 0 Å². The number of amides is 1. The zero-order valence-electron chi connectivity index (χ0n) is 16.3. The quantitative estimate of drug-likeness (QED) is 0.623. The van der Waals surface area contributed by atoms with Crippen LogP contribution in [0.2, 0.25) is 0 Å². The SMILES string of the molecule is COC(=O)c1cccc(Nc2cc(C(=O)N(C)CCc3ccncc3)ccn2)c1. The van der Waals surface area contributed by atoms with Gasteiger partial charge < -0.3 is 15.0 Å². The van der Waals surface area contributed by atoms with Crippen molar-refractivity contribution in [2.45, 2.75) is 6.42 Å². The summed E-state index contributed by atoms with van der Waals surface area (Å²) in [5.41, 5.74) is 2.77. The molecule has 29 heavy (non-hydrogen) atoms. The molecule has 0 radical (unpaired) electrons. The number of hydrogen-bond acceptors (Lipinski definition) is 6. The molecule has 7 nitrogen and oxygen atoms in total. The first kappa shape index (κ1) is 20.0. The van der Waals surface area contributed by atoms with Crippen molar-refractivity contribution < 1.29 is 14.3 Å². The number of nitrogens with one attached hydrogen (secondary N) is 1. The van der Waals surface area contributed by atoms with Gasteiger partial charge in [-0.05, 0) is 54.4 Å². The summed E-state index contributed by atoms with van der Waals surface area (Å²) in [4.78, 5) is 34.4. The Morgan fingerprint density at radius 2 is 1.83 bits per heavy atom. The molecule has 0 unspecified atom stereocenters. The average molecular weight is 390 g/mol. The molecule has 2 aromatic heterocycles. The van der Waals surface area contributed by atoms with E-state index in [-0.39, 0.29) is 5.91 Å². The van der Waals surface area contributed by atoms with Crippen LogP contribution in [0, 0.1) is 0 Å². The number of hydrogen-bond donors (Lipinski definition) is 1. The average Bonchev–Trinajstić information content (AvgIpc) is 2.77. The van der Waals surface area contributed by atoms with E-state index in [1.54, 1.807) is 60.9 Å². The Balaban J connectivity index is 1.67. The van der Waals surface area contributed by atoms with Gasteiger partial charge in [-0.15, -0.1) is 0 Å². The van der Waals surface area contributed by atoms with Crippen molar-refractivity contribution in [3.05, 3.63) is 83.8 Å². The highest BCUT2D eigenvalue weighted by Crippen LogP contribution is 2.18. The Bertz CT molecular complexity index is 992. The van der Waals surface area contributed by atoms with Crippen molar-refractivity contribution in [1.82, 2.24) is 14.9 Å². The van der Waals surface area contributed by atoms with Gasteiger partial charge in [-0.2, -0.15) is 0 Å². The van der Waals surface area contributed by atoms with Gasteiger partial charge in [0.1, 0.15) is 5.82 Å². The van der Waals surface area contributed by atoms with E-state index in [1.165, 1.54) is 7.11 Å². The molecule has 1 N–H and O–H groups in total. The Morgan fingerprint density at radius 3 is 2.59 bits per heavy atom. The lowest BCUT2D eigenvalue weighted by Gasteiger charge is -2.17. The third kappa shape index (κ3) is 5.38. The number of carbonyl (C=O) groups is 2. The van der Waals surface area contributed by atoms with Gasteiger partial charge in [-0.25, -0.2) is 9.78 Å². The number of aromatic nitrogens is 2. The predicted octanol–water partition coefficient (Wildman–Crippen LogP) is 3.32.